The molecule has 0 bridgehead atoms. The van der Waals surface area contributed by atoms with Gasteiger partial charge in [-0.2, -0.15) is 5.26 Å². The second-order valence-corrected chi connectivity index (χ2v) is 8.24. The van der Waals surface area contributed by atoms with Gasteiger partial charge in [0.1, 0.15) is 5.54 Å². The highest BCUT2D eigenvalue weighted by molar-refractivity contribution is 5.93. The molecule has 2 N–H and O–H groups in total. The number of amides is 2. The highest BCUT2D eigenvalue weighted by Gasteiger charge is 2.43. The minimum atomic E-state index is -0.764. The molecule has 1 atom stereocenters. The summed E-state index contributed by atoms with van der Waals surface area (Å²) >= 11 is 0. The molecule has 154 valence electrons. The summed E-state index contributed by atoms with van der Waals surface area (Å²) in [5.74, 6) is 1.36. The van der Waals surface area contributed by atoms with Gasteiger partial charge >= 0.3 is 0 Å². The average molecular weight is 398 g/mol. The zero-order valence-corrected chi connectivity index (χ0v) is 16.6. The number of ether oxygens (including phenoxy) is 2. The Morgan fingerprint density at radius 2 is 1.93 bits per heavy atom. The van der Waals surface area contributed by atoms with Crippen LogP contribution in [0.2, 0.25) is 0 Å². The summed E-state index contributed by atoms with van der Waals surface area (Å²) in [6.45, 7) is 3.63. The van der Waals surface area contributed by atoms with Crippen LogP contribution in [-0.2, 0) is 9.59 Å². The summed E-state index contributed by atoms with van der Waals surface area (Å²) in [5.41, 5.74) is -0.0724. The molecule has 29 heavy (non-hydrogen) atoms. The number of nitriles is 1. The average Bonchev–Trinajstić information content (AvgIpc) is 3.47. The van der Waals surface area contributed by atoms with Crippen molar-refractivity contribution in [1.82, 2.24) is 10.2 Å². The normalized spacial score (nSPS) is 21.1. The van der Waals surface area contributed by atoms with E-state index in [4.69, 9.17) is 9.47 Å². The van der Waals surface area contributed by atoms with Gasteiger partial charge in [-0.15, -0.1) is 0 Å². The van der Waals surface area contributed by atoms with Crippen LogP contribution < -0.4 is 20.1 Å². The molecule has 1 saturated carbocycles. The van der Waals surface area contributed by atoms with E-state index in [2.05, 4.69) is 16.7 Å². The van der Waals surface area contributed by atoms with Crippen molar-refractivity contribution in [2.75, 3.05) is 31.7 Å². The molecule has 8 heteroatoms. The largest absolute Gasteiger partial charge is 0.454 e. The molecule has 2 aliphatic heterocycles. The molecule has 2 fully saturated rings. The molecule has 1 aromatic rings. The molecular weight excluding hydrogens is 372 g/mol. The fourth-order valence-electron chi connectivity index (χ4n) is 3.99. The highest BCUT2D eigenvalue weighted by Crippen LogP contribution is 2.39. The third-order valence-corrected chi connectivity index (χ3v) is 5.99. The van der Waals surface area contributed by atoms with Crippen molar-refractivity contribution in [3.8, 4) is 17.6 Å². The molecule has 1 aromatic carbocycles. The number of nitrogens with one attached hydrogen (secondary N) is 2. The molecule has 0 aromatic heterocycles. The van der Waals surface area contributed by atoms with Crippen LogP contribution in [0.5, 0.6) is 11.5 Å². The van der Waals surface area contributed by atoms with Gasteiger partial charge in [-0.3, -0.25) is 14.5 Å². The van der Waals surface area contributed by atoms with Crippen LogP contribution in [0.15, 0.2) is 18.2 Å². The van der Waals surface area contributed by atoms with E-state index in [0.29, 0.717) is 43.1 Å². The van der Waals surface area contributed by atoms with Crippen molar-refractivity contribution in [2.24, 2.45) is 11.8 Å². The number of anilines is 1. The van der Waals surface area contributed by atoms with E-state index in [1.807, 2.05) is 4.90 Å². The van der Waals surface area contributed by atoms with E-state index in [0.717, 1.165) is 12.8 Å². The number of fused-ring (bicyclic) bond motifs is 1. The van der Waals surface area contributed by atoms with Crippen LogP contribution >= 0.6 is 0 Å². The van der Waals surface area contributed by atoms with E-state index in [1.165, 1.54) is 0 Å². The molecule has 2 heterocycles. The number of carbonyl (C=O) groups excluding carboxylic acids is 2. The number of carbonyl (C=O) groups is 2. The maximum absolute atomic E-state index is 12.6. The first kappa shape index (κ1) is 19.5. The molecule has 1 aliphatic carbocycles. The van der Waals surface area contributed by atoms with Gasteiger partial charge in [-0.25, -0.2) is 0 Å². The van der Waals surface area contributed by atoms with Crippen molar-refractivity contribution in [3.05, 3.63) is 18.2 Å². The van der Waals surface area contributed by atoms with Crippen molar-refractivity contribution in [1.29, 1.82) is 5.26 Å². The molecule has 4 rings (SSSR count). The van der Waals surface area contributed by atoms with Crippen LogP contribution in [0, 0.1) is 23.2 Å². The summed E-state index contributed by atoms with van der Waals surface area (Å²) in [4.78, 5) is 27.0. The Morgan fingerprint density at radius 3 is 2.62 bits per heavy atom. The van der Waals surface area contributed by atoms with Crippen molar-refractivity contribution in [2.45, 2.75) is 38.1 Å². The number of hydrogen-bond donors (Lipinski definition) is 2. The Kier molecular flexibility index (Phi) is 5.33. The van der Waals surface area contributed by atoms with Crippen molar-refractivity contribution >= 4 is 17.5 Å². The third kappa shape index (κ3) is 4.46. The smallest absolute Gasteiger partial charge is 0.235 e. The van der Waals surface area contributed by atoms with Gasteiger partial charge in [0.05, 0.1) is 12.6 Å². The SMILES string of the molecule is C[C@@](C#N)(NC(=O)CN1CCC(C(=O)Nc2ccc3c(c2)OCO3)CC1)C1CC1. The molecule has 0 radical (unpaired) electrons. The van der Waals surface area contributed by atoms with Gasteiger partial charge in [0.15, 0.2) is 11.5 Å². The Labute approximate surface area is 170 Å². The number of likely N-dealkylation sites (tertiary alicyclic amines) is 1. The van der Waals surface area contributed by atoms with Gasteiger partial charge in [0.2, 0.25) is 18.6 Å². The lowest BCUT2D eigenvalue weighted by Gasteiger charge is -2.32. The summed E-state index contributed by atoms with van der Waals surface area (Å²) < 4.78 is 10.6. The topological polar surface area (TPSA) is 104 Å². The highest BCUT2D eigenvalue weighted by atomic mass is 16.7. The quantitative estimate of drug-likeness (QED) is 0.758. The van der Waals surface area contributed by atoms with Crippen LogP contribution in [0.4, 0.5) is 5.69 Å². The van der Waals surface area contributed by atoms with Crippen LogP contribution in [0.1, 0.15) is 32.6 Å². The molecular formula is C21H26N4O4. The zero-order chi connectivity index (χ0) is 20.4. The summed E-state index contributed by atoms with van der Waals surface area (Å²) in [6, 6.07) is 7.61. The number of nitrogens with zero attached hydrogens (tertiary/aromatic N) is 2. The van der Waals surface area contributed by atoms with Crippen molar-refractivity contribution in [3.63, 3.8) is 0 Å². The van der Waals surface area contributed by atoms with E-state index < -0.39 is 5.54 Å². The lowest BCUT2D eigenvalue weighted by molar-refractivity contribution is -0.124. The fraction of sp³-hybridized carbons (Fsp3) is 0.571. The Morgan fingerprint density at radius 1 is 1.21 bits per heavy atom. The lowest BCUT2D eigenvalue weighted by atomic mass is 9.95. The number of piperidine rings is 1. The first-order valence-electron chi connectivity index (χ1n) is 10.1. The number of benzene rings is 1. The first-order chi connectivity index (χ1) is 14.0. The Hall–Kier alpha value is -2.79. The van der Waals surface area contributed by atoms with E-state index in [1.54, 1.807) is 25.1 Å². The fourth-order valence-corrected chi connectivity index (χ4v) is 3.99. The first-order valence-corrected chi connectivity index (χ1v) is 10.1. The van der Waals surface area contributed by atoms with Crippen LogP contribution in [0.3, 0.4) is 0 Å². The standard InChI is InChI=1S/C21H26N4O4/c1-21(12-22,15-2-3-15)24-19(26)11-25-8-6-14(7-9-25)20(27)23-16-4-5-17-18(10-16)29-13-28-17/h4-5,10,14-15H,2-3,6-9,11,13H2,1H3,(H,23,27)(H,24,26)/t21-/m0/s1. The minimum absolute atomic E-state index is 0.0150. The van der Waals surface area contributed by atoms with E-state index in [9.17, 15) is 14.9 Å². The molecule has 3 aliphatic rings. The molecule has 0 unspecified atom stereocenters. The molecule has 0 spiro atoms. The van der Waals surface area contributed by atoms with Gasteiger partial charge < -0.3 is 20.1 Å². The third-order valence-electron chi connectivity index (χ3n) is 5.99. The molecule has 8 nitrogen and oxygen atoms in total. The summed E-state index contributed by atoms with van der Waals surface area (Å²) in [6.07, 6.45) is 3.38. The lowest BCUT2D eigenvalue weighted by Crippen LogP contribution is -2.51. The maximum atomic E-state index is 12.6. The van der Waals surface area contributed by atoms with E-state index in [-0.39, 0.29) is 37.0 Å². The number of rotatable bonds is 6. The van der Waals surface area contributed by atoms with Crippen LogP contribution in [-0.4, -0.2) is 48.7 Å². The van der Waals surface area contributed by atoms with Crippen molar-refractivity contribution < 1.29 is 19.1 Å². The van der Waals surface area contributed by atoms with Gasteiger partial charge in [0.25, 0.3) is 0 Å². The van der Waals surface area contributed by atoms with Gasteiger partial charge in [-0.05, 0) is 63.7 Å². The zero-order valence-electron chi connectivity index (χ0n) is 16.6. The van der Waals surface area contributed by atoms with Gasteiger partial charge in [-0.1, -0.05) is 0 Å². The Bertz CT molecular complexity index is 840. The monoisotopic (exact) mass is 398 g/mol. The summed E-state index contributed by atoms with van der Waals surface area (Å²) in [7, 11) is 0. The second kappa shape index (κ2) is 7.91. The molecule has 1 saturated heterocycles. The minimum Gasteiger partial charge on any atom is -0.454 e. The molecule has 2 amide bonds. The number of hydrogen-bond acceptors (Lipinski definition) is 6. The van der Waals surface area contributed by atoms with Crippen LogP contribution in [0.25, 0.3) is 0 Å². The second-order valence-electron chi connectivity index (χ2n) is 8.24. The Balaban J connectivity index is 1.23. The van der Waals surface area contributed by atoms with E-state index >= 15 is 0 Å². The predicted molar refractivity (Wildman–Crippen MR) is 105 cm³/mol. The summed E-state index contributed by atoms with van der Waals surface area (Å²) in [5, 5.41) is 15.2. The van der Waals surface area contributed by atoms with Gasteiger partial charge in [0, 0.05) is 17.7 Å². The predicted octanol–water partition coefficient (Wildman–Crippen LogP) is 1.87. The maximum Gasteiger partial charge on any atom is 0.235 e.